The van der Waals surface area contributed by atoms with Crippen molar-refractivity contribution in [3.05, 3.63) is 55.1 Å². The Labute approximate surface area is 211 Å². The van der Waals surface area contributed by atoms with Crippen molar-refractivity contribution in [3.8, 4) is 11.3 Å². The lowest BCUT2D eigenvalue weighted by Gasteiger charge is -2.33. The van der Waals surface area contributed by atoms with Crippen LogP contribution in [0.25, 0.3) is 22.0 Å². The smallest absolute Gasteiger partial charge is 0.223 e. The average Bonchev–Trinajstić information content (AvgIpc) is 3.30. The summed E-state index contributed by atoms with van der Waals surface area (Å²) in [5.74, 6) is 3.19. The minimum atomic E-state index is 0.0527. The first kappa shape index (κ1) is 23.7. The predicted molar refractivity (Wildman–Crippen MR) is 142 cm³/mol. The van der Waals surface area contributed by atoms with Gasteiger partial charge in [-0.25, -0.2) is 9.97 Å². The molecule has 5 rings (SSSR count). The Morgan fingerprint density at radius 2 is 1.94 bits per heavy atom. The summed E-state index contributed by atoms with van der Waals surface area (Å²) in [6, 6.07) is 9.95. The van der Waals surface area contributed by atoms with Crippen molar-refractivity contribution in [2.75, 3.05) is 29.9 Å². The van der Waals surface area contributed by atoms with E-state index in [0.717, 1.165) is 72.0 Å². The third kappa shape index (κ3) is 5.15. The zero-order chi connectivity index (χ0) is 25.1. The van der Waals surface area contributed by atoms with Crippen molar-refractivity contribution in [3.63, 3.8) is 0 Å². The van der Waals surface area contributed by atoms with Crippen molar-refractivity contribution < 1.29 is 4.79 Å². The van der Waals surface area contributed by atoms with Gasteiger partial charge in [0.15, 0.2) is 0 Å². The molecule has 1 aliphatic heterocycles. The maximum absolute atomic E-state index is 12.6. The molecule has 4 aromatic rings. The van der Waals surface area contributed by atoms with Crippen LogP contribution in [0.2, 0.25) is 0 Å². The highest BCUT2D eigenvalue weighted by Crippen LogP contribution is 2.32. The summed E-state index contributed by atoms with van der Waals surface area (Å²) in [6.07, 6.45) is 8.85. The quantitative estimate of drug-likeness (QED) is 0.406. The molecule has 4 aromatic heterocycles. The van der Waals surface area contributed by atoms with E-state index in [4.69, 9.17) is 4.98 Å². The van der Waals surface area contributed by atoms with Gasteiger partial charge in [0, 0.05) is 73.6 Å². The molecule has 0 bridgehead atoms. The third-order valence-electron chi connectivity index (χ3n) is 6.59. The summed E-state index contributed by atoms with van der Waals surface area (Å²) in [5, 5.41) is 12.7. The molecule has 5 heterocycles. The fourth-order valence-electron chi connectivity index (χ4n) is 4.56. The van der Waals surface area contributed by atoms with Crippen LogP contribution >= 0.6 is 0 Å². The van der Waals surface area contributed by atoms with Gasteiger partial charge in [-0.1, -0.05) is 13.8 Å². The minimum Gasteiger partial charge on any atom is -0.356 e. The second kappa shape index (κ2) is 10.3. The van der Waals surface area contributed by atoms with Crippen molar-refractivity contribution in [1.82, 2.24) is 30.0 Å². The number of nitrogens with zero attached hydrogens (tertiary/aromatic N) is 6. The molecular weight excluding hydrogens is 452 g/mol. The van der Waals surface area contributed by atoms with E-state index in [1.165, 1.54) is 0 Å². The lowest BCUT2D eigenvalue weighted by Crippen LogP contribution is -2.41. The van der Waals surface area contributed by atoms with Gasteiger partial charge in [0.1, 0.15) is 17.5 Å². The molecule has 9 nitrogen and oxygen atoms in total. The summed E-state index contributed by atoms with van der Waals surface area (Å²) < 4.78 is 1.76. The van der Waals surface area contributed by atoms with Crippen molar-refractivity contribution >= 4 is 34.1 Å². The molecule has 186 valence electrons. The molecule has 1 saturated heterocycles. The van der Waals surface area contributed by atoms with Crippen LogP contribution in [0, 0.1) is 11.8 Å². The summed E-state index contributed by atoms with van der Waals surface area (Å²) >= 11 is 0. The summed E-state index contributed by atoms with van der Waals surface area (Å²) in [5.41, 5.74) is 1.82. The molecule has 1 amide bonds. The minimum absolute atomic E-state index is 0.0527. The van der Waals surface area contributed by atoms with Gasteiger partial charge in [0.25, 0.3) is 0 Å². The van der Waals surface area contributed by atoms with Crippen LogP contribution in [0.4, 0.5) is 17.5 Å². The fourth-order valence-corrected chi connectivity index (χ4v) is 4.56. The van der Waals surface area contributed by atoms with Gasteiger partial charge in [-0.05, 0) is 43.0 Å². The number of aromatic nitrogens is 5. The SMILES string of the molecule is CC(C)CNC(=O)C1CCN(c2nc(-c3ccnc(Nc4ccnn4C)c3)cc3cnccc23)CC1. The molecule has 9 heteroatoms. The molecule has 1 fully saturated rings. The number of hydrogen-bond donors (Lipinski definition) is 2. The molecular formula is C27H32N8O. The number of anilines is 3. The number of nitrogens with one attached hydrogen (secondary N) is 2. The molecule has 0 aromatic carbocycles. The molecule has 0 spiro atoms. The lowest BCUT2D eigenvalue weighted by atomic mass is 9.95. The van der Waals surface area contributed by atoms with Crippen molar-refractivity contribution in [2.24, 2.45) is 18.9 Å². The van der Waals surface area contributed by atoms with Gasteiger partial charge in [0.2, 0.25) is 5.91 Å². The van der Waals surface area contributed by atoms with Crippen LogP contribution < -0.4 is 15.5 Å². The summed E-state index contributed by atoms with van der Waals surface area (Å²) in [6.45, 7) is 6.53. The van der Waals surface area contributed by atoms with Crippen LogP contribution in [0.5, 0.6) is 0 Å². The van der Waals surface area contributed by atoms with Gasteiger partial charge in [-0.2, -0.15) is 5.10 Å². The highest BCUT2D eigenvalue weighted by Gasteiger charge is 2.26. The predicted octanol–water partition coefficient (Wildman–Crippen LogP) is 4.16. The molecule has 0 saturated carbocycles. The monoisotopic (exact) mass is 484 g/mol. The van der Waals surface area contributed by atoms with E-state index in [1.807, 2.05) is 43.7 Å². The molecule has 0 unspecified atom stereocenters. The zero-order valence-electron chi connectivity index (χ0n) is 21.0. The molecule has 1 aliphatic rings. The Morgan fingerprint density at radius 3 is 2.69 bits per heavy atom. The normalized spacial score (nSPS) is 14.4. The maximum atomic E-state index is 12.6. The number of aryl methyl sites for hydroxylation is 1. The van der Waals surface area contributed by atoms with E-state index in [2.05, 4.69) is 50.5 Å². The number of pyridine rings is 3. The Kier molecular flexibility index (Phi) is 6.79. The third-order valence-corrected chi connectivity index (χ3v) is 6.59. The molecule has 0 aliphatic carbocycles. The summed E-state index contributed by atoms with van der Waals surface area (Å²) in [7, 11) is 1.88. The molecule has 36 heavy (non-hydrogen) atoms. The van der Waals surface area contributed by atoms with Crippen LogP contribution in [0.3, 0.4) is 0 Å². The van der Waals surface area contributed by atoms with E-state index >= 15 is 0 Å². The van der Waals surface area contributed by atoms with Crippen molar-refractivity contribution in [2.45, 2.75) is 26.7 Å². The second-order valence-corrected chi connectivity index (χ2v) is 9.72. The first-order chi connectivity index (χ1) is 17.5. The lowest BCUT2D eigenvalue weighted by molar-refractivity contribution is -0.125. The maximum Gasteiger partial charge on any atom is 0.223 e. The topological polar surface area (TPSA) is 101 Å². The van der Waals surface area contributed by atoms with E-state index in [-0.39, 0.29) is 11.8 Å². The molecule has 0 atom stereocenters. The first-order valence-corrected chi connectivity index (χ1v) is 12.5. The first-order valence-electron chi connectivity index (χ1n) is 12.5. The van der Waals surface area contributed by atoms with Crippen LogP contribution in [-0.4, -0.2) is 50.3 Å². The molecule has 0 radical (unpaired) electrons. The Morgan fingerprint density at radius 1 is 1.11 bits per heavy atom. The number of fused-ring (bicyclic) bond motifs is 1. The second-order valence-electron chi connectivity index (χ2n) is 9.72. The number of hydrogen-bond acceptors (Lipinski definition) is 7. The Hall–Kier alpha value is -4.01. The standard InChI is InChI=1S/C27H32N8O/c1-18(2)16-30-27(36)19-7-12-35(13-8-19)26-22-5-9-28-17-21(22)14-23(32-26)20-4-10-29-24(15-20)33-25-6-11-31-34(25)3/h4-6,9-11,14-15,17-19H,7-8,12-13,16H2,1-3H3,(H,29,33)(H,30,36). The number of carbonyl (C=O) groups excluding carboxylic acids is 1. The summed E-state index contributed by atoms with van der Waals surface area (Å²) in [4.78, 5) is 28.8. The Bertz CT molecular complexity index is 1360. The largest absolute Gasteiger partial charge is 0.356 e. The van der Waals surface area contributed by atoms with Crippen LogP contribution in [-0.2, 0) is 11.8 Å². The van der Waals surface area contributed by atoms with Gasteiger partial charge >= 0.3 is 0 Å². The van der Waals surface area contributed by atoms with Gasteiger partial charge in [-0.3, -0.25) is 14.5 Å². The van der Waals surface area contributed by atoms with Gasteiger partial charge < -0.3 is 15.5 Å². The average molecular weight is 485 g/mol. The van der Waals surface area contributed by atoms with Gasteiger partial charge in [0.05, 0.1) is 11.9 Å². The van der Waals surface area contributed by atoms with Crippen LogP contribution in [0.15, 0.2) is 55.1 Å². The zero-order valence-corrected chi connectivity index (χ0v) is 21.0. The molecule has 2 N–H and O–H groups in total. The highest BCUT2D eigenvalue weighted by atomic mass is 16.1. The van der Waals surface area contributed by atoms with Gasteiger partial charge in [-0.15, -0.1) is 0 Å². The fraction of sp³-hybridized carbons (Fsp3) is 0.370. The van der Waals surface area contributed by atoms with E-state index in [0.29, 0.717) is 5.92 Å². The Balaban J connectivity index is 1.40. The number of amides is 1. The highest BCUT2D eigenvalue weighted by molar-refractivity contribution is 5.94. The van der Waals surface area contributed by atoms with E-state index < -0.39 is 0 Å². The van der Waals surface area contributed by atoms with Crippen LogP contribution in [0.1, 0.15) is 26.7 Å². The van der Waals surface area contributed by atoms with E-state index in [1.54, 1.807) is 17.1 Å². The number of rotatable bonds is 7. The number of carbonyl (C=O) groups is 1. The number of piperidine rings is 1. The van der Waals surface area contributed by atoms with E-state index in [9.17, 15) is 4.79 Å². The van der Waals surface area contributed by atoms with Crippen molar-refractivity contribution in [1.29, 1.82) is 0 Å².